The topological polar surface area (TPSA) is 75.3 Å². The van der Waals surface area contributed by atoms with Gasteiger partial charge in [-0.25, -0.2) is 13.1 Å². The highest BCUT2D eigenvalue weighted by atomic mass is 32.2. The van der Waals surface area contributed by atoms with E-state index >= 15 is 0 Å². The van der Waals surface area contributed by atoms with Gasteiger partial charge in [0, 0.05) is 11.6 Å². The van der Waals surface area contributed by atoms with Crippen molar-refractivity contribution in [1.29, 1.82) is 0 Å². The molecule has 1 saturated carbocycles. The van der Waals surface area contributed by atoms with Gasteiger partial charge in [-0.15, -0.1) is 0 Å². The highest BCUT2D eigenvalue weighted by molar-refractivity contribution is 7.89. The maximum absolute atomic E-state index is 11.6. The Labute approximate surface area is 100 Å². The molecular formula is C11H14N2O3S. The lowest BCUT2D eigenvalue weighted by atomic mass is 10.2. The van der Waals surface area contributed by atoms with Crippen LogP contribution in [0.2, 0.25) is 0 Å². The van der Waals surface area contributed by atoms with Crippen molar-refractivity contribution >= 4 is 15.9 Å². The van der Waals surface area contributed by atoms with E-state index in [1.54, 1.807) is 0 Å². The minimum atomic E-state index is -3.43. The van der Waals surface area contributed by atoms with Crippen LogP contribution < -0.4 is 10.0 Å². The van der Waals surface area contributed by atoms with Gasteiger partial charge in [0.1, 0.15) is 0 Å². The molecule has 1 fully saturated rings. The average molecular weight is 254 g/mol. The molecule has 1 aliphatic rings. The van der Waals surface area contributed by atoms with E-state index < -0.39 is 10.0 Å². The van der Waals surface area contributed by atoms with Crippen LogP contribution in [0.3, 0.4) is 0 Å². The van der Waals surface area contributed by atoms with Gasteiger partial charge in [0.25, 0.3) is 5.91 Å². The fraction of sp³-hybridized carbons (Fsp3) is 0.364. The molecule has 6 heteroatoms. The average Bonchev–Trinajstić information content (AvgIpc) is 3.13. The normalized spacial score (nSPS) is 15.6. The predicted octanol–water partition coefficient (Wildman–Crippen LogP) is 0.487. The van der Waals surface area contributed by atoms with E-state index in [2.05, 4.69) is 10.0 Å². The minimum absolute atomic E-state index is 0.152. The van der Waals surface area contributed by atoms with E-state index in [1.807, 2.05) is 0 Å². The number of benzene rings is 1. The molecule has 0 atom stereocenters. The van der Waals surface area contributed by atoms with Crippen LogP contribution in [0.1, 0.15) is 23.2 Å². The number of carbonyl (C=O) groups is 1. The van der Waals surface area contributed by atoms with Crippen molar-refractivity contribution in [2.45, 2.75) is 23.8 Å². The molecule has 0 aromatic heterocycles. The minimum Gasteiger partial charge on any atom is -0.349 e. The summed E-state index contributed by atoms with van der Waals surface area (Å²) in [5.41, 5.74) is 0.479. The molecule has 2 rings (SSSR count). The number of hydrogen-bond donors (Lipinski definition) is 2. The molecule has 0 spiro atoms. The molecule has 0 radical (unpaired) electrons. The van der Waals surface area contributed by atoms with Gasteiger partial charge in [0.2, 0.25) is 10.0 Å². The SMILES string of the molecule is CNS(=O)(=O)c1ccc(C(=O)NC2CC2)cc1. The Kier molecular flexibility index (Phi) is 3.17. The second kappa shape index (κ2) is 4.46. The lowest BCUT2D eigenvalue weighted by Crippen LogP contribution is -2.25. The van der Waals surface area contributed by atoms with E-state index in [9.17, 15) is 13.2 Å². The number of amides is 1. The van der Waals surface area contributed by atoms with Crippen molar-refractivity contribution in [3.05, 3.63) is 29.8 Å². The summed E-state index contributed by atoms with van der Waals surface area (Å²) in [4.78, 5) is 11.8. The number of sulfonamides is 1. The molecule has 92 valence electrons. The summed E-state index contributed by atoms with van der Waals surface area (Å²) < 4.78 is 25.1. The molecule has 1 amide bonds. The molecule has 1 aliphatic carbocycles. The van der Waals surface area contributed by atoms with Crippen LogP contribution in [0, 0.1) is 0 Å². The largest absolute Gasteiger partial charge is 0.349 e. The van der Waals surface area contributed by atoms with Crippen molar-refractivity contribution in [2.24, 2.45) is 0 Å². The van der Waals surface area contributed by atoms with E-state index in [0.717, 1.165) is 12.8 Å². The Bertz CT molecular complexity index is 518. The number of nitrogens with one attached hydrogen (secondary N) is 2. The molecule has 0 bridgehead atoms. The first kappa shape index (κ1) is 12.1. The number of hydrogen-bond acceptors (Lipinski definition) is 3. The summed E-state index contributed by atoms with van der Waals surface area (Å²) in [6.07, 6.45) is 2.05. The Balaban J connectivity index is 2.14. The summed E-state index contributed by atoms with van der Waals surface area (Å²) in [5, 5.41) is 2.84. The quantitative estimate of drug-likeness (QED) is 0.821. The van der Waals surface area contributed by atoms with Crippen LogP contribution in [0.4, 0.5) is 0 Å². The maximum atomic E-state index is 11.6. The van der Waals surface area contributed by atoms with E-state index in [-0.39, 0.29) is 10.8 Å². The summed E-state index contributed by atoms with van der Waals surface area (Å²) in [7, 11) is -2.08. The van der Waals surface area contributed by atoms with Crippen molar-refractivity contribution in [1.82, 2.24) is 10.0 Å². The number of rotatable bonds is 4. The fourth-order valence-electron chi connectivity index (χ4n) is 1.40. The van der Waals surface area contributed by atoms with Crippen molar-refractivity contribution in [3.8, 4) is 0 Å². The fourth-order valence-corrected chi connectivity index (χ4v) is 2.13. The third kappa shape index (κ3) is 2.83. The molecule has 1 aromatic rings. The second-order valence-electron chi connectivity index (χ2n) is 3.98. The summed E-state index contributed by atoms with van der Waals surface area (Å²) in [5.74, 6) is -0.152. The molecule has 2 N–H and O–H groups in total. The zero-order chi connectivity index (χ0) is 12.5. The van der Waals surface area contributed by atoms with Crippen LogP contribution >= 0.6 is 0 Å². The predicted molar refractivity (Wildman–Crippen MR) is 63.2 cm³/mol. The van der Waals surface area contributed by atoms with E-state index in [4.69, 9.17) is 0 Å². The Morgan fingerprint density at radius 1 is 1.24 bits per heavy atom. The first-order valence-electron chi connectivity index (χ1n) is 5.37. The Morgan fingerprint density at radius 2 is 1.82 bits per heavy atom. The first-order valence-corrected chi connectivity index (χ1v) is 6.86. The van der Waals surface area contributed by atoms with Gasteiger partial charge in [-0.1, -0.05) is 0 Å². The summed E-state index contributed by atoms with van der Waals surface area (Å²) in [6.45, 7) is 0. The number of carbonyl (C=O) groups excluding carboxylic acids is 1. The molecular weight excluding hydrogens is 240 g/mol. The third-order valence-electron chi connectivity index (χ3n) is 2.61. The molecule has 17 heavy (non-hydrogen) atoms. The zero-order valence-corrected chi connectivity index (χ0v) is 10.3. The van der Waals surface area contributed by atoms with Gasteiger partial charge in [0.15, 0.2) is 0 Å². The van der Waals surface area contributed by atoms with Crippen molar-refractivity contribution in [2.75, 3.05) is 7.05 Å². The smallest absolute Gasteiger partial charge is 0.251 e. The second-order valence-corrected chi connectivity index (χ2v) is 5.87. The summed E-state index contributed by atoms with van der Waals surface area (Å²) >= 11 is 0. The van der Waals surface area contributed by atoms with Gasteiger partial charge in [-0.2, -0.15) is 0 Å². The van der Waals surface area contributed by atoms with Crippen molar-refractivity contribution < 1.29 is 13.2 Å². The van der Waals surface area contributed by atoms with Gasteiger partial charge in [-0.3, -0.25) is 4.79 Å². The van der Waals surface area contributed by atoms with E-state index in [0.29, 0.717) is 11.6 Å². The zero-order valence-electron chi connectivity index (χ0n) is 9.43. The van der Waals surface area contributed by atoms with Crippen LogP contribution in [0.15, 0.2) is 29.2 Å². The van der Waals surface area contributed by atoms with E-state index in [1.165, 1.54) is 31.3 Å². The van der Waals surface area contributed by atoms with Gasteiger partial charge in [0.05, 0.1) is 4.90 Å². The highest BCUT2D eigenvalue weighted by Gasteiger charge is 2.23. The van der Waals surface area contributed by atoms with Gasteiger partial charge in [-0.05, 0) is 44.2 Å². The van der Waals surface area contributed by atoms with Crippen LogP contribution in [0.25, 0.3) is 0 Å². The third-order valence-corrected chi connectivity index (χ3v) is 4.04. The summed E-state index contributed by atoms with van der Waals surface area (Å²) in [6, 6.07) is 6.17. The molecule has 0 saturated heterocycles. The van der Waals surface area contributed by atoms with Gasteiger partial charge >= 0.3 is 0 Å². The first-order chi connectivity index (χ1) is 8.03. The van der Waals surface area contributed by atoms with Crippen LogP contribution in [0.5, 0.6) is 0 Å². The Hall–Kier alpha value is -1.40. The highest BCUT2D eigenvalue weighted by Crippen LogP contribution is 2.19. The molecule has 0 aliphatic heterocycles. The van der Waals surface area contributed by atoms with Crippen LogP contribution in [-0.2, 0) is 10.0 Å². The maximum Gasteiger partial charge on any atom is 0.251 e. The van der Waals surface area contributed by atoms with Gasteiger partial charge < -0.3 is 5.32 Å². The molecule has 5 nitrogen and oxygen atoms in total. The lowest BCUT2D eigenvalue weighted by molar-refractivity contribution is 0.0951. The van der Waals surface area contributed by atoms with Crippen molar-refractivity contribution in [3.63, 3.8) is 0 Å². The molecule has 0 heterocycles. The lowest BCUT2D eigenvalue weighted by Gasteiger charge is -2.05. The monoisotopic (exact) mass is 254 g/mol. The van der Waals surface area contributed by atoms with Crippen LogP contribution in [-0.4, -0.2) is 27.4 Å². The standard InChI is InChI=1S/C11H14N2O3S/c1-12-17(15,16)10-6-2-8(3-7-10)11(14)13-9-4-5-9/h2-3,6-7,9,12H,4-5H2,1H3,(H,13,14). The molecule has 0 unspecified atom stereocenters. The molecule has 1 aromatic carbocycles. The Morgan fingerprint density at radius 3 is 2.29 bits per heavy atom.